The summed E-state index contributed by atoms with van der Waals surface area (Å²) in [6.07, 6.45) is 2.45. The van der Waals surface area contributed by atoms with Crippen LogP contribution in [-0.2, 0) is 0 Å². The van der Waals surface area contributed by atoms with Gasteiger partial charge < -0.3 is 0 Å². The number of allylic oxidation sites excluding steroid dienone is 1. The number of ketones is 1. The van der Waals surface area contributed by atoms with E-state index in [-0.39, 0.29) is 5.78 Å². The minimum Gasteiger partial charge on any atom is -0.289 e. The largest absolute Gasteiger partial charge is 0.289 e. The molecule has 1 aromatic rings. The van der Waals surface area contributed by atoms with Gasteiger partial charge in [0.25, 0.3) is 0 Å². The van der Waals surface area contributed by atoms with Crippen LogP contribution in [0, 0.1) is 10.1 Å². The van der Waals surface area contributed by atoms with Gasteiger partial charge in [0.1, 0.15) is 0 Å². The van der Waals surface area contributed by atoms with Crippen molar-refractivity contribution < 1.29 is 9.72 Å². The maximum absolute atomic E-state index is 11.7. The summed E-state index contributed by atoms with van der Waals surface area (Å²) >= 11 is 5.84. The Labute approximate surface area is 104 Å². The van der Waals surface area contributed by atoms with Gasteiger partial charge in [-0.05, 0) is 24.3 Å². The first-order chi connectivity index (χ1) is 7.84. The zero-order valence-electron chi connectivity index (χ0n) is 9.51. The highest BCUT2D eigenvalue weighted by Gasteiger charge is 2.26. The number of hydrogen-bond acceptors (Lipinski definition) is 3. The van der Waals surface area contributed by atoms with Gasteiger partial charge in [0.15, 0.2) is 5.78 Å². The van der Waals surface area contributed by atoms with Crippen molar-refractivity contribution in [2.24, 2.45) is 0 Å². The number of nitrogens with zero attached hydrogens (tertiary/aromatic N) is 1. The molecule has 5 heteroatoms. The van der Waals surface area contributed by atoms with Crippen LogP contribution in [0.3, 0.4) is 0 Å². The zero-order valence-corrected chi connectivity index (χ0v) is 10.3. The predicted molar refractivity (Wildman–Crippen MR) is 66.0 cm³/mol. The lowest BCUT2D eigenvalue weighted by Crippen LogP contribution is -2.28. The van der Waals surface area contributed by atoms with Crippen LogP contribution >= 0.6 is 11.6 Å². The molecule has 1 rings (SSSR count). The van der Waals surface area contributed by atoms with Gasteiger partial charge in [0.2, 0.25) is 5.54 Å². The molecule has 0 amide bonds. The molecule has 0 N–H and O–H groups in total. The number of halogens is 1. The van der Waals surface area contributed by atoms with Crippen LogP contribution in [-0.4, -0.2) is 16.2 Å². The number of rotatable bonds is 4. The van der Waals surface area contributed by atoms with Crippen molar-refractivity contribution in [2.75, 3.05) is 0 Å². The van der Waals surface area contributed by atoms with Crippen LogP contribution in [0.1, 0.15) is 24.2 Å². The van der Waals surface area contributed by atoms with Gasteiger partial charge in [-0.1, -0.05) is 23.7 Å². The van der Waals surface area contributed by atoms with E-state index in [2.05, 4.69) is 0 Å². The van der Waals surface area contributed by atoms with E-state index in [1.807, 2.05) is 0 Å². The number of hydrogen-bond donors (Lipinski definition) is 0. The fourth-order valence-electron chi connectivity index (χ4n) is 1.09. The summed E-state index contributed by atoms with van der Waals surface area (Å²) in [5.41, 5.74) is -0.929. The molecule has 0 bridgehead atoms. The molecule has 0 saturated carbocycles. The number of carbonyl (C=O) groups excluding carboxylic acids is 1. The third-order valence-electron chi connectivity index (χ3n) is 2.25. The maximum Gasteiger partial charge on any atom is 0.235 e. The van der Waals surface area contributed by atoms with Crippen molar-refractivity contribution in [1.29, 1.82) is 0 Å². The Balaban J connectivity index is 2.91. The Kier molecular flexibility index (Phi) is 4.02. The Bertz CT molecular complexity index is 480. The fourth-order valence-corrected chi connectivity index (χ4v) is 1.32. The second-order valence-electron chi connectivity index (χ2n) is 4.09. The highest BCUT2D eigenvalue weighted by molar-refractivity contribution is 6.34. The standard InChI is InChI=1S/C12H12ClNO3/c1-12(2,14(16)17)8-7-11(15)9-5-3-4-6-10(9)13/h3-8H,1-2H3/b8-7+. The highest BCUT2D eigenvalue weighted by Crippen LogP contribution is 2.17. The molecule has 0 heterocycles. The second-order valence-corrected chi connectivity index (χ2v) is 4.50. The van der Waals surface area contributed by atoms with Gasteiger partial charge in [-0.25, -0.2) is 0 Å². The average Bonchev–Trinajstić information content (AvgIpc) is 2.26. The third kappa shape index (κ3) is 3.39. The number of benzene rings is 1. The van der Waals surface area contributed by atoms with E-state index in [0.29, 0.717) is 10.6 Å². The van der Waals surface area contributed by atoms with Crippen molar-refractivity contribution in [1.82, 2.24) is 0 Å². The Morgan fingerprint density at radius 3 is 2.53 bits per heavy atom. The van der Waals surface area contributed by atoms with Crippen LogP contribution < -0.4 is 0 Å². The predicted octanol–water partition coefficient (Wildman–Crippen LogP) is 3.13. The molecule has 17 heavy (non-hydrogen) atoms. The van der Waals surface area contributed by atoms with Crippen molar-refractivity contribution in [2.45, 2.75) is 19.4 Å². The van der Waals surface area contributed by atoms with Crippen LogP contribution in [0.25, 0.3) is 0 Å². The number of carbonyl (C=O) groups is 1. The summed E-state index contributed by atoms with van der Waals surface area (Å²) < 4.78 is 0. The minimum absolute atomic E-state index is 0.334. The molecule has 0 aliphatic rings. The molecule has 0 saturated heterocycles. The smallest absolute Gasteiger partial charge is 0.235 e. The molecule has 0 unspecified atom stereocenters. The topological polar surface area (TPSA) is 60.2 Å². The SMILES string of the molecule is CC(C)(/C=C/C(=O)c1ccccc1Cl)[N+](=O)[O-]. The minimum atomic E-state index is -1.27. The lowest BCUT2D eigenvalue weighted by atomic mass is 10.0. The summed E-state index contributed by atoms with van der Waals surface area (Å²) in [7, 11) is 0. The molecule has 0 aliphatic carbocycles. The Hall–Kier alpha value is -1.68. The molecule has 0 aromatic heterocycles. The molecule has 0 fully saturated rings. The van der Waals surface area contributed by atoms with Gasteiger partial charge >= 0.3 is 0 Å². The molecule has 0 spiro atoms. The first-order valence-electron chi connectivity index (χ1n) is 4.97. The van der Waals surface area contributed by atoms with E-state index in [0.717, 1.165) is 0 Å². The molecule has 0 atom stereocenters. The van der Waals surface area contributed by atoms with E-state index in [4.69, 9.17) is 11.6 Å². The van der Waals surface area contributed by atoms with Crippen LogP contribution in [0.15, 0.2) is 36.4 Å². The van der Waals surface area contributed by atoms with Crippen LogP contribution in [0.5, 0.6) is 0 Å². The van der Waals surface area contributed by atoms with Crippen molar-refractivity contribution in [3.63, 3.8) is 0 Å². The van der Waals surface area contributed by atoms with E-state index in [9.17, 15) is 14.9 Å². The summed E-state index contributed by atoms with van der Waals surface area (Å²) in [6, 6.07) is 6.57. The molecular formula is C12H12ClNO3. The average molecular weight is 254 g/mol. The number of nitro groups is 1. The van der Waals surface area contributed by atoms with Crippen molar-refractivity contribution in [3.8, 4) is 0 Å². The van der Waals surface area contributed by atoms with Crippen LogP contribution in [0.2, 0.25) is 5.02 Å². The molecule has 4 nitrogen and oxygen atoms in total. The lowest BCUT2D eigenvalue weighted by molar-refractivity contribution is -0.545. The maximum atomic E-state index is 11.7. The van der Waals surface area contributed by atoms with Gasteiger partial charge in [-0.2, -0.15) is 0 Å². The van der Waals surface area contributed by atoms with Crippen molar-refractivity contribution >= 4 is 17.4 Å². The van der Waals surface area contributed by atoms with Gasteiger partial charge in [0.05, 0.1) is 5.02 Å². The normalized spacial score (nSPS) is 11.7. The van der Waals surface area contributed by atoms with E-state index in [1.165, 1.54) is 26.0 Å². The Morgan fingerprint density at radius 2 is 2.00 bits per heavy atom. The summed E-state index contributed by atoms with van der Waals surface area (Å²) in [4.78, 5) is 21.9. The van der Waals surface area contributed by atoms with E-state index >= 15 is 0 Å². The van der Waals surface area contributed by atoms with Crippen LogP contribution in [0.4, 0.5) is 0 Å². The summed E-state index contributed by atoms with van der Waals surface area (Å²) in [5.74, 6) is -0.342. The lowest BCUT2D eigenvalue weighted by Gasteiger charge is -2.09. The van der Waals surface area contributed by atoms with Gasteiger partial charge in [0, 0.05) is 24.3 Å². The van der Waals surface area contributed by atoms with Gasteiger partial charge in [-0.15, -0.1) is 0 Å². The van der Waals surface area contributed by atoms with E-state index in [1.54, 1.807) is 24.3 Å². The summed E-state index contributed by atoms with van der Waals surface area (Å²) in [5, 5.41) is 11.0. The van der Waals surface area contributed by atoms with Gasteiger partial charge in [-0.3, -0.25) is 14.9 Å². The fraction of sp³-hybridized carbons (Fsp3) is 0.250. The zero-order chi connectivity index (χ0) is 13.1. The molecule has 1 aromatic carbocycles. The summed E-state index contributed by atoms with van der Waals surface area (Å²) in [6.45, 7) is 2.84. The van der Waals surface area contributed by atoms with Crippen molar-refractivity contribution in [3.05, 3.63) is 57.1 Å². The monoisotopic (exact) mass is 253 g/mol. The molecule has 90 valence electrons. The first kappa shape index (κ1) is 13.4. The Morgan fingerprint density at radius 1 is 1.41 bits per heavy atom. The molecule has 0 aliphatic heterocycles. The molecule has 0 radical (unpaired) electrons. The molecular weight excluding hydrogens is 242 g/mol. The highest BCUT2D eigenvalue weighted by atomic mass is 35.5. The third-order valence-corrected chi connectivity index (χ3v) is 2.58. The second kappa shape index (κ2) is 5.10. The van der Waals surface area contributed by atoms with E-state index < -0.39 is 10.5 Å². The first-order valence-corrected chi connectivity index (χ1v) is 5.35. The quantitative estimate of drug-likeness (QED) is 0.358.